The fourth-order valence-electron chi connectivity index (χ4n) is 3.63. The lowest BCUT2D eigenvalue weighted by Crippen LogP contribution is -2.45. The number of aromatic nitrogens is 2. The van der Waals surface area contributed by atoms with E-state index in [1.165, 1.54) is 31.4 Å². The highest BCUT2D eigenvalue weighted by molar-refractivity contribution is 5.51. The third-order valence-electron chi connectivity index (χ3n) is 4.96. The summed E-state index contributed by atoms with van der Waals surface area (Å²) in [6.07, 6.45) is 13.3. The third kappa shape index (κ3) is 3.32. The summed E-state index contributed by atoms with van der Waals surface area (Å²) >= 11 is 0. The van der Waals surface area contributed by atoms with Crippen LogP contribution < -0.4 is 10.2 Å². The van der Waals surface area contributed by atoms with Gasteiger partial charge < -0.3 is 10.2 Å². The zero-order valence-corrected chi connectivity index (χ0v) is 13.4. The van der Waals surface area contributed by atoms with Crippen molar-refractivity contribution in [1.82, 2.24) is 15.1 Å². The molecule has 120 valence electrons. The van der Waals surface area contributed by atoms with Gasteiger partial charge in [-0.25, -0.2) is 4.68 Å². The maximum absolute atomic E-state index is 4.28. The number of nitrogens with one attached hydrogen (secondary N) is 1. The standard InChI is InChI=1S/C19H24N4/c1-2-5-16(4-1)21-17-10-14-22(15-11-17)18-6-8-19(9-7-18)23-13-3-12-20-23/h1-3,6-9,12-13,16-17,21H,4-5,10-11,14-15H2. The molecule has 23 heavy (non-hydrogen) atoms. The summed E-state index contributed by atoms with van der Waals surface area (Å²) in [5, 5.41) is 8.09. The summed E-state index contributed by atoms with van der Waals surface area (Å²) in [5.41, 5.74) is 2.44. The Morgan fingerprint density at radius 3 is 2.26 bits per heavy atom. The SMILES string of the molecule is C1=CCC(NC2CCN(c3ccc(-n4cccn4)cc3)CC2)C1. The molecule has 0 atom stereocenters. The maximum Gasteiger partial charge on any atom is 0.0647 e. The van der Waals surface area contributed by atoms with Gasteiger partial charge in [0.1, 0.15) is 0 Å². The Morgan fingerprint density at radius 1 is 0.913 bits per heavy atom. The van der Waals surface area contributed by atoms with Crippen molar-refractivity contribution in [2.75, 3.05) is 18.0 Å². The van der Waals surface area contributed by atoms with Gasteiger partial charge in [0.2, 0.25) is 0 Å². The van der Waals surface area contributed by atoms with E-state index in [-0.39, 0.29) is 0 Å². The Bertz CT molecular complexity index is 629. The van der Waals surface area contributed by atoms with Crippen molar-refractivity contribution in [2.24, 2.45) is 0 Å². The van der Waals surface area contributed by atoms with Crippen LogP contribution >= 0.6 is 0 Å². The summed E-state index contributed by atoms with van der Waals surface area (Å²) in [7, 11) is 0. The molecular formula is C19H24N4. The molecule has 1 saturated heterocycles. The molecule has 0 radical (unpaired) electrons. The predicted molar refractivity (Wildman–Crippen MR) is 94.1 cm³/mol. The molecule has 2 aliphatic rings. The summed E-state index contributed by atoms with van der Waals surface area (Å²) in [4.78, 5) is 2.50. The molecule has 1 aliphatic carbocycles. The van der Waals surface area contributed by atoms with E-state index in [4.69, 9.17) is 0 Å². The highest BCUT2D eigenvalue weighted by Gasteiger charge is 2.22. The van der Waals surface area contributed by atoms with E-state index in [2.05, 4.69) is 51.7 Å². The van der Waals surface area contributed by atoms with Gasteiger partial charge in [-0.1, -0.05) is 12.2 Å². The number of rotatable bonds is 4. The first-order valence-electron chi connectivity index (χ1n) is 8.64. The van der Waals surface area contributed by atoms with Gasteiger partial charge in [0.15, 0.2) is 0 Å². The van der Waals surface area contributed by atoms with Crippen molar-refractivity contribution in [3.8, 4) is 5.69 Å². The van der Waals surface area contributed by atoms with Gasteiger partial charge in [-0.3, -0.25) is 0 Å². The van der Waals surface area contributed by atoms with Crippen molar-refractivity contribution in [1.29, 1.82) is 0 Å². The zero-order chi connectivity index (χ0) is 15.5. The Kier molecular flexibility index (Phi) is 4.16. The van der Waals surface area contributed by atoms with E-state index in [1.54, 1.807) is 0 Å². The lowest BCUT2D eigenvalue weighted by Gasteiger charge is -2.35. The predicted octanol–water partition coefficient (Wildman–Crippen LogP) is 3.15. The summed E-state index contributed by atoms with van der Waals surface area (Å²) in [6, 6.07) is 12.0. The minimum atomic E-state index is 0.680. The molecule has 4 rings (SSSR count). The van der Waals surface area contributed by atoms with Gasteiger partial charge >= 0.3 is 0 Å². The highest BCUT2D eigenvalue weighted by atomic mass is 15.3. The maximum atomic E-state index is 4.28. The van der Waals surface area contributed by atoms with Crippen molar-refractivity contribution in [2.45, 2.75) is 37.8 Å². The summed E-state index contributed by atoms with van der Waals surface area (Å²) < 4.78 is 1.90. The summed E-state index contributed by atoms with van der Waals surface area (Å²) in [6.45, 7) is 2.28. The van der Waals surface area contributed by atoms with Gasteiger partial charge in [-0.2, -0.15) is 5.10 Å². The quantitative estimate of drug-likeness (QED) is 0.881. The molecule has 1 aromatic heterocycles. The fourth-order valence-corrected chi connectivity index (χ4v) is 3.63. The molecule has 0 amide bonds. The average molecular weight is 308 g/mol. The number of nitrogens with zero attached hydrogens (tertiary/aromatic N) is 3. The van der Waals surface area contributed by atoms with Gasteiger partial charge in [0, 0.05) is 43.3 Å². The Morgan fingerprint density at radius 2 is 1.61 bits per heavy atom. The number of hydrogen-bond acceptors (Lipinski definition) is 3. The normalized spacial score (nSPS) is 19.6. The second-order valence-corrected chi connectivity index (χ2v) is 6.53. The van der Waals surface area contributed by atoms with Crippen LogP contribution in [0.5, 0.6) is 0 Å². The first-order chi connectivity index (χ1) is 11.4. The summed E-state index contributed by atoms with van der Waals surface area (Å²) in [5.74, 6) is 0. The average Bonchev–Trinajstić information content (AvgIpc) is 3.30. The minimum Gasteiger partial charge on any atom is -0.371 e. The van der Waals surface area contributed by atoms with Crippen LogP contribution in [0, 0.1) is 0 Å². The van der Waals surface area contributed by atoms with Crippen molar-refractivity contribution >= 4 is 5.69 Å². The highest BCUT2D eigenvalue weighted by Crippen LogP contribution is 2.22. The molecule has 2 heterocycles. The van der Waals surface area contributed by atoms with Crippen molar-refractivity contribution < 1.29 is 0 Å². The molecule has 0 saturated carbocycles. The third-order valence-corrected chi connectivity index (χ3v) is 4.96. The van der Waals surface area contributed by atoms with Crippen LogP contribution in [0.25, 0.3) is 5.69 Å². The second-order valence-electron chi connectivity index (χ2n) is 6.53. The largest absolute Gasteiger partial charge is 0.371 e. The van der Waals surface area contributed by atoms with Gasteiger partial charge in [0.05, 0.1) is 5.69 Å². The van der Waals surface area contributed by atoms with Gasteiger partial charge in [0.25, 0.3) is 0 Å². The van der Waals surface area contributed by atoms with Crippen LogP contribution in [0.2, 0.25) is 0 Å². The van der Waals surface area contributed by atoms with Crippen LogP contribution in [0.1, 0.15) is 25.7 Å². The van der Waals surface area contributed by atoms with Crippen LogP contribution in [0.3, 0.4) is 0 Å². The fraction of sp³-hybridized carbons (Fsp3) is 0.421. The minimum absolute atomic E-state index is 0.680. The number of anilines is 1. The van der Waals surface area contributed by atoms with Crippen LogP contribution in [-0.4, -0.2) is 35.0 Å². The molecule has 4 heteroatoms. The van der Waals surface area contributed by atoms with E-state index >= 15 is 0 Å². The monoisotopic (exact) mass is 308 g/mol. The Labute approximate surface area is 137 Å². The van der Waals surface area contributed by atoms with E-state index in [0.29, 0.717) is 12.1 Å². The van der Waals surface area contributed by atoms with E-state index in [9.17, 15) is 0 Å². The topological polar surface area (TPSA) is 33.1 Å². The smallest absolute Gasteiger partial charge is 0.0647 e. The van der Waals surface area contributed by atoms with E-state index < -0.39 is 0 Å². The van der Waals surface area contributed by atoms with Crippen molar-refractivity contribution in [3.63, 3.8) is 0 Å². The second kappa shape index (κ2) is 6.59. The molecule has 1 aromatic carbocycles. The first kappa shape index (κ1) is 14.5. The van der Waals surface area contributed by atoms with Crippen LogP contribution in [0.15, 0.2) is 54.9 Å². The molecule has 0 spiro atoms. The Hall–Kier alpha value is -2.07. The molecule has 0 bridgehead atoms. The van der Waals surface area contributed by atoms with Gasteiger partial charge in [-0.15, -0.1) is 0 Å². The first-order valence-corrected chi connectivity index (χ1v) is 8.64. The molecule has 2 aromatic rings. The Balaban J connectivity index is 1.33. The van der Waals surface area contributed by atoms with E-state index in [1.807, 2.05) is 23.1 Å². The molecule has 1 fully saturated rings. The van der Waals surface area contributed by atoms with Crippen LogP contribution in [-0.2, 0) is 0 Å². The van der Waals surface area contributed by atoms with Gasteiger partial charge in [-0.05, 0) is 56.0 Å². The molecule has 4 nitrogen and oxygen atoms in total. The van der Waals surface area contributed by atoms with Crippen molar-refractivity contribution in [3.05, 3.63) is 54.9 Å². The zero-order valence-electron chi connectivity index (χ0n) is 13.4. The number of benzene rings is 1. The lowest BCUT2D eigenvalue weighted by molar-refractivity contribution is 0.372. The van der Waals surface area contributed by atoms with Crippen LogP contribution in [0.4, 0.5) is 5.69 Å². The molecular weight excluding hydrogens is 284 g/mol. The number of piperidine rings is 1. The molecule has 0 unspecified atom stereocenters. The van der Waals surface area contributed by atoms with E-state index in [0.717, 1.165) is 18.8 Å². The molecule has 1 aliphatic heterocycles. The number of hydrogen-bond donors (Lipinski definition) is 1. The lowest BCUT2D eigenvalue weighted by atomic mass is 10.0. The molecule has 1 N–H and O–H groups in total.